The molecule has 0 amide bonds. The SMILES string of the molecule is CCOCCN(C)C1(CN)CCCN(C(C)C)CC1. The summed E-state index contributed by atoms with van der Waals surface area (Å²) in [6.45, 7) is 12.3. The molecule has 1 unspecified atom stereocenters. The first-order valence-electron chi connectivity index (χ1n) is 7.79. The van der Waals surface area contributed by atoms with Crippen LogP contribution in [0.15, 0.2) is 0 Å². The van der Waals surface area contributed by atoms with Crippen LogP contribution in [0.2, 0.25) is 0 Å². The zero-order chi connectivity index (χ0) is 14.3. The average Bonchev–Trinajstić information content (AvgIpc) is 2.62. The van der Waals surface area contributed by atoms with E-state index < -0.39 is 0 Å². The van der Waals surface area contributed by atoms with Crippen LogP contribution in [0.25, 0.3) is 0 Å². The number of ether oxygens (including phenoxy) is 1. The van der Waals surface area contributed by atoms with Gasteiger partial charge in [-0.3, -0.25) is 4.90 Å². The van der Waals surface area contributed by atoms with Crippen molar-refractivity contribution in [3.05, 3.63) is 0 Å². The summed E-state index contributed by atoms with van der Waals surface area (Å²) >= 11 is 0. The predicted octanol–water partition coefficient (Wildman–Crippen LogP) is 1.55. The van der Waals surface area contributed by atoms with Gasteiger partial charge in [0.1, 0.15) is 0 Å². The number of rotatable bonds is 7. The molecule has 0 spiro atoms. The molecule has 0 radical (unpaired) electrons. The van der Waals surface area contributed by atoms with Crippen molar-refractivity contribution in [3.63, 3.8) is 0 Å². The molecule has 0 aromatic carbocycles. The van der Waals surface area contributed by atoms with Gasteiger partial charge in [0.25, 0.3) is 0 Å². The van der Waals surface area contributed by atoms with Crippen molar-refractivity contribution in [1.29, 1.82) is 0 Å². The smallest absolute Gasteiger partial charge is 0.0593 e. The summed E-state index contributed by atoms with van der Waals surface area (Å²) < 4.78 is 5.48. The lowest BCUT2D eigenvalue weighted by molar-refractivity contribution is 0.0580. The van der Waals surface area contributed by atoms with Crippen LogP contribution in [0.3, 0.4) is 0 Å². The highest BCUT2D eigenvalue weighted by Gasteiger charge is 2.35. The van der Waals surface area contributed by atoms with Gasteiger partial charge in [-0.05, 0) is 53.6 Å². The molecular formula is C15H33N3O. The zero-order valence-corrected chi connectivity index (χ0v) is 13.3. The van der Waals surface area contributed by atoms with E-state index in [-0.39, 0.29) is 5.54 Å². The van der Waals surface area contributed by atoms with Gasteiger partial charge in [0.2, 0.25) is 0 Å². The van der Waals surface area contributed by atoms with Crippen LogP contribution < -0.4 is 5.73 Å². The third-order valence-corrected chi connectivity index (χ3v) is 4.65. The highest BCUT2D eigenvalue weighted by atomic mass is 16.5. The number of hydrogen-bond acceptors (Lipinski definition) is 4. The van der Waals surface area contributed by atoms with E-state index in [1.54, 1.807) is 0 Å². The number of nitrogens with zero attached hydrogens (tertiary/aromatic N) is 2. The van der Waals surface area contributed by atoms with Crippen molar-refractivity contribution in [2.75, 3.05) is 46.4 Å². The van der Waals surface area contributed by atoms with Gasteiger partial charge in [0.15, 0.2) is 0 Å². The van der Waals surface area contributed by atoms with E-state index in [0.29, 0.717) is 6.04 Å². The Morgan fingerprint density at radius 2 is 2.05 bits per heavy atom. The minimum absolute atomic E-state index is 0.167. The van der Waals surface area contributed by atoms with Crippen molar-refractivity contribution >= 4 is 0 Å². The Hall–Kier alpha value is -0.160. The molecule has 1 atom stereocenters. The van der Waals surface area contributed by atoms with Crippen molar-refractivity contribution in [2.24, 2.45) is 5.73 Å². The Morgan fingerprint density at radius 1 is 1.32 bits per heavy atom. The van der Waals surface area contributed by atoms with E-state index in [0.717, 1.165) is 32.8 Å². The van der Waals surface area contributed by atoms with Crippen molar-refractivity contribution < 1.29 is 4.74 Å². The van der Waals surface area contributed by atoms with E-state index in [9.17, 15) is 0 Å². The summed E-state index contributed by atoms with van der Waals surface area (Å²) in [5.41, 5.74) is 6.30. The standard InChI is InChI=1S/C15H33N3O/c1-5-19-12-11-17(4)15(13-16)7-6-9-18(10-8-15)14(2)3/h14H,5-13,16H2,1-4H3. The Kier molecular flexibility index (Phi) is 7.29. The van der Waals surface area contributed by atoms with E-state index in [1.165, 1.54) is 25.8 Å². The summed E-state index contributed by atoms with van der Waals surface area (Å²) in [5, 5.41) is 0. The van der Waals surface area contributed by atoms with E-state index in [1.807, 2.05) is 6.92 Å². The Bertz CT molecular complexity index is 248. The first-order chi connectivity index (χ1) is 9.05. The lowest BCUT2D eigenvalue weighted by Crippen LogP contribution is -2.53. The van der Waals surface area contributed by atoms with Crippen LogP contribution in [0.1, 0.15) is 40.0 Å². The average molecular weight is 271 g/mol. The fourth-order valence-electron chi connectivity index (χ4n) is 3.04. The third-order valence-electron chi connectivity index (χ3n) is 4.65. The summed E-state index contributed by atoms with van der Waals surface area (Å²) in [5.74, 6) is 0. The first-order valence-corrected chi connectivity index (χ1v) is 7.79. The van der Waals surface area contributed by atoms with Gasteiger partial charge in [-0.25, -0.2) is 0 Å². The van der Waals surface area contributed by atoms with E-state index in [2.05, 4.69) is 30.7 Å². The highest BCUT2D eigenvalue weighted by Crippen LogP contribution is 2.27. The van der Waals surface area contributed by atoms with Crippen molar-refractivity contribution in [1.82, 2.24) is 9.80 Å². The number of likely N-dealkylation sites (N-methyl/N-ethyl adjacent to an activating group) is 1. The number of likely N-dealkylation sites (tertiary alicyclic amines) is 1. The first kappa shape index (κ1) is 16.9. The third kappa shape index (κ3) is 4.71. The molecular weight excluding hydrogens is 238 g/mol. The van der Waals surface area contributed by atoms with Crippen LogP contribution >= 0.6 is 0 Å². The Morgan fingerprint density at radius 3 is 2.63 bits per heavy atom. The molecule has 0 bridgehead atoms. The van der Waals surface area contributed by atoms with E-state index >= 15 is 0 Å². The molecule has 0 saturated carbocycles. The fourth-order valence-corrected chi connectivity index (χ4v) is 3.04. The summed E-state index contributed by atoms with van der Waals surface area (Å²) in [6, 6.07) is 0.641. The normalized spacial score (nSPS) is 26.1. The van der Waals surface area contributed by atoms with Crippen molar-refractivity contribution in [2.45, 2.75) is 51.6 Å². The molecule has 2 N–H and O–H groups in total. The lowest BCUT2D eigenvalue weighted by atomic mass is 9.89. The molecule has 19 heavy (non-hydrogen) atoms. The Labute approximate surface area is 119 Å². The maximum absolute atomic E-state index is 6.13. The van der Waals surface area contributed by atoms with Crippen LogP contribution in [0.4, 0.5) is 0 Å². The highest BCUT2D eigenvalue weighted by molar-refractivity contribution is 4.93. The maximum Gasteiger partial charge on any atom is 0.0593 e. The zero-order valence-electron chi connectivity index (χ0n) is 13.3. The molecule has 1 heterocycles. The second-order valence-electron chi connectivity index (χ2n) is 6.03. The molecule has 0 aliphatic carbocycles. The van der Waals surface area contributed by atoms with Gasteiger partial charge >= 0.3 is 0 Å². The van der Waals surface area contributed by atoms with Gasteiger partial charge in [0, 0.05) is 37.8 Å². The quantitative estimate of drug-likeness (QED) is 0.713. The molecule has 1 rings (SSSR count). The van der Waals surface area contributed by atoms with Gasteiger partial charge in [-0.15, -0.1) is 0 Å². The minimum atomic E-state index is 0.167. The number of hydrogen-bond donors (Lipinski definition) is 1. The topological polar surface area (TPSA) is 41.7 Å². The van der Waals surface area contributed by atoms with Gasteiger partial charge < -0.3 is 15.4 Å². The molecule has 0 aromatic rings. The van der Waals surface area contributed by atoms with E-state index in [4.69, 9.17) is 10.5 Å². The molecule has 1 aliphatic heterocycles. The van der Waals surface area contributed by atoms with Gasteiger partial charge in [0.05, 0.1) is 6.61 Å². The number of nitrogens with two attached hydrogens (primary N) is 1. The van der Waals surface area contributed by atoms with Crippen LogP contribution in [0, 0.1) is 0 Å². The molecule has 1 fully saturated rings. The Balaban J connectivity index is 2.58. The summed E-state index contributed by atoms with van der Waals surface area (Å²) in [7, 11) is 2.21. The predicted molar refractivity (Wildman–Crippen MR) is 81.5 cm³/mol. The molecule has 4 nitrogen and oxygen atoms in total. The second-order valence-corrected chi connectivity index (χ2v) is 6.03. The minimum Gasteiger partial charge on any atom is -0.380 e. The second kappa shape index (κ2) is 8.20. The van der Waals surface area contributed by atoms with Crippen molar-refractivity contribution in [3.8, 4) is 0 Å². The van der Waals surface area contributed by atoms with Crippen LogP contribution in [0.5, 0.6) is 0 Å². The van der Waals surface area contributed by atoms with Gasteiger partial charge in [-0.1, -0.05) is 0 Å². The van der Waals surface area contributed by atoms with Crippen LogP contribution in [-0.4, -0.2) is 67.8 Å². The van der Waals surface area contributed by atoms with Gasteiger partial charge in [-0.2, -0.15) is 0 Å². The molecule has 4 heteroatoms. The maximum atomic E-state index is 6.13. The fraction of sp³-hybridized carbons (Fsp3) is 1.00. The lowest BCUT2D eigenvalue weighted by Gasteiger charge is -2.41. The molecule has 1 saturated heterocycles. The summed E-state index contributed by atoms with van der Waals surface area (Å²) in [4.78, 5) is 5.01. The monoisotopic (exact) mass is 271 g/mol. The molecule has 0 aromatic heterocycles. The largest absolute Gasteiger partial charge is 0.380 e. The molecule has 1 aliphatic rings. The molecule has 114 valence electrons. The summed E-state index contributed by atoms with van der Waals surface area (Å²) in [6.07, 6.45) is 3.62. The van der Waals surface area contributed by atoms with Crippen LogP contribution in [-0.2, 0) is 4.74 Å².